The van der Waals surface area contributed by atoms with Crippen molar-refractivity contribution in [2.75, 3.05) is 20.7 Å². The van der Waals surface area contributed by atoms with E-state index in [2.05, 4.69) is 45.3 Å². The fourth-order valence-corrected chi connectivity index (χ4v) is 4.26. The normalized spacial score (nSPS) is 13.3. The summed E-state index contributed by atoms with van der Waals surface area (Å²) in [6.07, 6.45) is 11.7. The molecule has 0 aliphatic rings. The molecule has 0 amide bonds. The molecule has 0 bridgehead atoms. The number of hydrogen-bond donors (Lipinski definition) is 0. The fraction of sp³-hybridized carbons (Fsp3) is 0.581. The summed E-state index contributed by atoms with van der Waals surface area (Å²) in [5.41, 5.74) is 2.56. The second-order valence-electron chi connectivity index (χ2n) is 10.5. The van der Waals surface area contributed by atoms with E-state index in [1.165, 1.54) is 62.5 Å². The summed E-state index contributed by atoms with van der Waals surface area (Å²) >= 11 is 0. The first-order valence-electron chi connectivity index (χ1n) is 13.6. The van der Waals surface area contributed by atoms with E-state index >= 15 is 0 Å². The van der Waals surface area contributed by atoms with Crippen molar-refractivity contribution in [1.82, 2.24) is 0 Å². The Morgan fingerprint density at radius 2 is 1.40 bits per heavy atom. The van der Waals surface area contributed by atoms with E-state index in [1.807, 2.05) is 44.2 Å². The maximum Gasteiger partial charge on any atom is 0.364 e. The second kappa shape index (κ2) is 15.6. The molecule has 4 heteroatoms. The van der Waals surface area contributed by atoms with Crippen LogP contribution in [-0.4, -0.2) is 43.3 Å². The topological polar surface area (TPSA) is 35.5 Å². The number of rotatable bonds is 17. The molecule has 0 saturated heterocycles. The van der Waals surface area contributed by atoms with Crippen molar-refractivity contribution in [3.05, 3.63) is 65.7 Å². The van der Waals surface area contributed by atoms with Crippen LogP contribution < -0.4 is 4.74 Å². The summed E-state index contributed by atoms with van der Waals surface area (Å²) in [5.74, 6) is 0.628. The number of carbonyl (C=O) groups is 1. The van der Waals surface area contributed by atoms with Gasteiger partial charge in [0.05, 0.1) is 14.1 Å². The van der Waals surface area contributed by atoms with Gasteiger partial charge in [-0.3, -0.25) is 0 Å². The summed E-state index contributed by atoms with van der Waals surface area (Å²) < 4.78 is 12.1. The Balaban J connectivity index is 1.67. The van der Waals surface area contributed by atoms with Gasteiger partial charge in [0, 0.05) is 5.56 Å². The van der Waals surface area contributed by atoms with Crippen LogP contribution >= 0.6 is 0 Å². The third-order valence-electron chi connectivity index (χ3n) is 6.86. The van der Waals surface area contributed by atoms with Crippen LogP contribution in [0.25, 0.3) is 0 Å². The van der Waals surface area contributed by atoms with Gasteiger partial charge in [-0.25, -0.2) is 4.79 Å². The molecule has 2 aromatic carbocycles. The molecule has 0 heterocycles. The molecule has 0 saturated carbocycles. The van der Waals surface area contributed by atoms with Crippen molar-refractivity contribution in [2.24, 2.45) is 0 Å². The molecular weight excluding hydrogens is 434 g/mol. The molecule has 2 aromatic rings. The largest absolute Gasteiger partial charge is 0.487 e. The quantitative estimate of drug-likeness (QED) is 0.134. The van der Waals surface area contributed by atoms with E-state index < -0.39 is 0 Å². The zero-order valence-electron chi connectivity index (χ0n) is 22.8. The van der Waals surface area contributed by atoms with Gasteiger partial charge in [0.15, 0.2) is 6.04 Å². The molecule has 2 rings (SSSR count). The van der Waals surface area contributed by atoms with Crippen molar-refractivity contribution in [2.45, 2.75) is 97.2 Å². The average molecular weight is 483 g/mol. The Morgan fingerprint density at radius 1 is 0.800 bits per heavy atom. The summed E-state index contributed by atoms with van der Waals surface area (Å²) in [6, 6.07) is 18.3. The van der Waals surface area contributed by atoms with Gasteiger partial charge < -0.3 is 14.0 Å². The summed E-state index contributed by atoms with van der Waals surface area (Å²) in [7, 11) is 4.13. The maximum absolute atomic E-state index is 12.7. The number of unbranched alkanes of at least 4 members (excludes halogenated alkanes) is 7. The molecule has 0 aliphatic heterocycles. The molecule has 0 N–H and O–H groups in total. The van der Waals surface area contributed by atoms with Gasteiger partial charge in [0.2, 0.25) is 0 Å². The highest BCUT2D eigenvalue weighted by Crippen LogP contribution is 2.18. The lowest BCUT2D eigenvalue weighted by Gasteiger charge is -2.34. The Bertz CT molecular complexity index is 832. The number of aryl methyl sites for hydroxylation is 1. The molecule has 0 fully saturated rings. The Kier molecular flexibility index (Phi) is 12.9. The number of ether oxygens (including phenoxy) is 2. The van der Waals surface area contributed by atoms with E-state index in [0.717, 1.165) is 18.7 Å². The molecule has 0 spiro atoms. The first-order valence-corrected chi connectivity index (χ1v) is 13.6. The monoisotopic (exact) mass is 482 g/mol. The van der Waals surface area contributed by atoms with Crippen molar-refractivity contribution in [1.29, 1.82) is 0 Å². The van der Waals surface area contributed by atoms with Gasteiger partial charge in [-0.05, 0) is 44.4 Å². The predicted molar refractivity (Wildman–Crippen MR) is 146 cm³/mol. The van der Waals surface area contributed by atoms with Crippen molar-refractivity contribution < 1.29 is 18.8 Å². The van der Waals surface area contributed by atoms with Crippen LogP contribution in [0, 0.1) is 0 Å². The zero-order chi connectivity index (χ0) is 25.5. The van der Waals surface area contributed by atoms with Gasteiger partial charge >= 0.3 is 5.97 Å². The average Bonchev–Trinajstić information content (AvgIpc) is 2.85. The van der Waals surface area contributed by atoms with Crippen LogP contribution in [0.1, 0.15) is 83.3 Å². The SMILES string of the molecule is CCCCCCCCCCc1ccc(OC(C)COC(=O)C(C)[N+](C)(C)Cc2ccccc2)cc1. The van der Waals surface area contributed by atoms with Crippen LogP contribution in [-0.2, 0) is 22.5 Å². The lowest BCUT2D eigenvalue weighted by molar-refractivity contribution is -0.917. The van der Waals surface area contributed by atoms with Gasteiger partial charge in [-0.2, -0.15) is 0 Å². The van der Waals surface area contributed by atoms with Crippen LogP contribution in [0.2, 0.25) is 0 Å². The third-order valence-corrected chi connectivity index (χ3v) is 6.86. The predicted octanol–water partition coefficient (Wildman–Crippen LogP) is 7.35. The van der Waals surface area contributed by atoms with E-state index in [9.17, 15) is 4.79 Å². The number of likely N-dealkylation sites (N-methyl/N-ethyl adjacent to an activating group) is 1. The van der Waals surface area contributed by atoms with Crippen molar-refractivity contribution in [3.8, 4) is 5.75 Å². The summed E-state index contributed by atoms with van der Waals surface area (Å²) in [4.78, 5) is 12.7. The van der Waals surface area contributed by atoms with E-state index in [1.54, 1.807) is 0 Å². The Labute approximate surface area is 214 Å². The van der Waals surface area contributed by atoms with Gasteiger partial charge in [0.1, 0.15) is 25.0 Å². The molecule has 0 aromatic heterocycles. The van der Waals surface area contributed by atoms with Crippen LogP contribution in [0.4, 0.5) is 0 Å². The first-order chi connectivity index (χ1) is 16.8. The van der Waals surface area contributed by atoms with Crippen molar-refractivity contribution in [3.63, 3.8) is 0 Å². The van der Waals surface area contributed by atoms with Crippen LogP contribution in [0.5, 0.6) is 5.75 Å². The number of carbonyl (C=O) groups excluding carboxylic acids is 1. The van der Waals surface area contributed by atoms with Crippen LogP contribution in [0.3, 0.4) is 0 Å². The van der Waals surface area contributed by atoms with Crippen molar-refractivity contribution >= 4 is 5.97 Å². The zero-order valence-corrected chi connectivity index (χ0v) is 22.8. The highest BCUT2D eigenvalue weighted by Gasteiger charge is 2.32. The lowest BCUT2D eigenvalue weighted by Crippen LogP contribution is -2.51. The molecule has 0 aliphatic carbocycles. The molecule has 4 nitrogen and oxygen atoms in total. The summed E-state index contributed by atoms with van der Waals surface area (Å²) in [6.45, 7) is 7.16. The number of quaternary nitrogens is 1. The van der Waals surface area contributed by atoms with Gasteiger partial charge in [-0.1, -0.05) is 94.3 Å². The van der Waals surface area contributed by atoms with E-state index in [-0.39, 0.29) is 24.7 Å². The fourth-order valence-electron chi connectivity index (χ4n) is 4.26. The van der Waals surface area contributed by atoms with Gasteiger partial charge in [0.25, 0.3) is 0 Å². The molecule has 2 unspecified atom stereocenters. The first kappa shape index (κ1) is 28.9. The minimum atomic E-state index is -0.266. The Hall–Kier alpha value is -2.33. The molecular formula is C31H48NO3+. The Morgan fingerprint density at radius 3 is 2.03 bits per heavy atom. The molecule has 2 atom stereocenters. The minimum Gasteiger partial charge on any atom is -0.487 e. The maximum atomic E-state index is 12.7. The molecule has 194 valence electrons. The number of hydrogen-bond acceptors (Lipinski definition) is 3. The van der Waals surface area contributed by atoms with E-state index in [4.69, 9.17) is 9.47 Å². The van der Waals surface area contributed by atoms with Crippen LogP contribution in [0.15, 0.2) is 54.6 Å². The number of benzene rings is 2. The highest BCUT2D eigenvalue weighted by molar-refractivity contribution is 5.74. The summed E-state index contributed by atoms with van der Waals surface area (Å²) in [5, 5.41) is 0. The smallest absolute Gasteiger partial charge is 0.364 e. The highest BCUT2D eigenvalue weighted by atomic mass is 16.6. The second-order valence-corrected chi connectivity index (χ2v) is 10.5. The molecule has 35 heavy (non-hydrogen) atoms. The number of nitrogens with zero attached hydrogens (tertiary/aromatic N) is 1. The lowest BCUT2D eigenvalue weighted by atomic mass is 10.0. The third kappa shape index (κ3) is 11.3. The molecule has 0 radical (unpaired) electrons. The van der Waals surface area contributed by atoms with Gasteiger partial charge in [-0.15, -0.1) is 0 Å². The van der Waals surface area contributed by atoms with E-state index in [0.29, 0.717) is 4.48 Å². The standard InChI is InChI=1S/C31H48NO3/c1-6-7-8-9-10-11-12-14-17-28-20-22-30(23-21-28)35-26(2)25-34-31(33)27(3)32(4,5)24-29-18-15-13-16-19-29/h13,15-16,18-23,26-27H,6-12,14,17,24-25H2,1-5H3/q+1. The number of esters is 1. The minimum absolute atomic E-state index is 0.193.